The Balaban J connectivity index is 1.83. The fourth-order valence-electron chi connectivity index (χ4n) is 4.94. The Morgan fingerprint density at radius 1 is 1.31 bits per heavy atom. The quantitative estimate of drug-likeness (QED) is 0.755. The highest BCUT2D eigenvalue weighted by atomic mass is 16.3. The number of pyridine rings is 1. The molecule has 0 radical (unpaired) electrons. The Morgan fingerprint density at radius 3 is 2.69 bits per heavy atom. The molecule has 29 heavy (non-hydrogen) atoms. The van der Waals surface area contributed by atoms with Crippen molar-refractivity contribution >= 4 is 17.9 Å². The molecule has 1 saturated heterocycles. The number of amides is 2. The van der Waals surface area contributed by atoms with Crippen molar-refractivity contribution in [3.05, 3.63) is 39.8 Å². The van der Waals surface area contributed by atoms with E-state index in [1.807, 2.05) is 30.9 Å². The topological polar surface area (TPSA) is 91.6 Å². The van der Waals surface area contributed by atoms with Gasteiger partial charge < -0.3 is 19.9 Å². The summed E-state index contributed by atoms with van der Waals surface area (Å²) in [5.41, 5.74) is 1.17. The van der Waals surface area contributed by atoms with E-state index in [9.17, 15) is 19.5 Å². The lowest BCUT2D eigenvalue weighted by Crippen LogP contribution is -2.49. The first-order valence-corrected chi connectivity index (χ1v) is 10.6. The molecule has 4 atom stereocenters. The van der Waals surface area contributed by atoms with Crippen LogP contribution in [0.2, 0.25) is 0 Å². The van der Waals surface area contributed by atoms with Crippen molar-refractivity contribution < 1.29 is 14.7 Å². The summed E-state index contributed by atoms with van der Waals surface area (Å²) < 4.78 is 1.71. The third-order valence-electron chi connectivity index (χ3n) is 6.45. The summed E-state index contributed by atoms with van der Waals surface area (Å²) in [7, 11) is 0. The summed E-state index contributed by atoms with van der Waals surface area (Å²) in [6.45, 7) is 4.52. The number of aromatic nitrogens is 1. The summed E-state index contributed by atoms with van der Waals surface area (Å²) in [4.78, 5) is 41.1. The van der Waals surface area contributed by atoms with Gasteiger partial charge in [0.05, 0.1) is 18.0 Å². The molecule has 3 aliphatic rings. The third kappa shape index (κ3) is 3.21. The number of fused-ring (bicyclic) bond motifs is 4. The average Bonchev–Trinajstić information content (AvgIpc) is 3.53. The summed E-state index contributed by atoms with van der Waals surface area (Å²) in [5.74, 6) is -1.02. The van der Waals surface area contributed by atoms with Crippen LogP contribution in [0.25, 0.3) is 6.08 Å². The van der Waals surface area contributed by atoms with Crippen LogP contribution in [0, 0.1) is 17.8 Å². The van der Waals surface area contributed by atoms with Gasteiger partial charge in [-0.15, -0.1) is 0 Å². The molecule has 1 aromatic heterocycles. The van der Waals surface area contributed by atoms with Crippen molar-refractivity contribution in [2.45, 2.75) is 51.7 Å². The molecule has 2 N–H and O–H groups in total. The van der Waals surface area contributed by atoms with Crippen molar-refractivity contribution in [2.24, 2.45) is 17.8 Å². The van der Waals surface area contributed by atoms with Gasteiger partial charge in [0.2, 0.25) is 11.8 Å². The minimum Gasteiger partial charge on any atom is -0.396 e. The number of aliphatic hydroxyl groups is 1. The second kappa shape index (κ2) is 7.78. The Labute approximate surface area is 170 Å². The molecule has 3 heterocycles. The first-order valence-electron chi connectivity index (χ1n) is 10.6. The number of rotatable bonds is 6. The largest absolute Gasteiger partial charge is 0.396 e. The van der Waals surface area contributed by atoms with Gasteiger partial charge in [0.1, 0.15) is 0 Å². The van der Waals surface area contributed by atoms with E-state index >= 15 is 0 Å². The average molecular weight is 399 g/mol. The van der Waals surface area contributed by atoms with Gasteiger partial charge in [0, 0.05) is 42.8 Å². The monoisotopic (exact) mass is 399 g/mol. The zero-order valence-electron chi connectivity index (χ0n) is 17.0. The van der Waals surface area contributed by atoms with Gasteiger partial charge >= 0.3 is 0 Å². The predicted molar refractivity (Wildman–Crippen MR) is 109 cm³/mol. The van der Waals surface area contributed by atoms with E-state index in [0.29, 0.717) is 24.3 Å². The number of hydrogen-bond donors (Lipinski definition) is 2. The molecule has 2 amide bonds. The minimum absolute atomic E-state index is 0.0114. The first kappa shape index (κ1) is 19.9. The highest BCUT2D eigenvalue weighted by Crippen LogP contribution is 2.50. The van der Waals surface area contributed by atoms with Gasteiger partial charge in [-0.25, -0.2) is 0 Å². The highest BCUT2D eigenvalue weighted by Gasteiger charge is 2.58. The van der Waals surface area contributed by atoms with E-state index in [2.05, 4.69) is 5.32 Å². The van der Waals surface area contributed by atoms with Gasteiger partial charge in [-0.05, 0) is 38.3 Å². The van der Waals surface area contributed by atoms with E-state index < -0.39 is 12.0 Å². The lowest BCUT2D eigenvalue weighted by atomic mass is 9.86. The number of nitrogens with one attached hydrogen (secondary N) is 1. The second-order valence-corrected chi connectivity index (χ2v) is 8.32. The Bertz CT molecular complexity index is 902. The molecule has 2 aliphatic heterocycles. The smallest absolute Gasteiger partial charge is 0.258 e. The van der Waals surface area contributed by atoms with Crippen LogP contribution in [0.4, 0.5) is 0 Å². The molecule has 7 nitrogen and oxygen atoms in total. The fraction of sp³-hybridized carbons (Fsp3) is 0.591. The lowest BCUT2D eigenvalue weighted by molar-refractivity contribution is -0.138. The Morgan fingerprint density at radius 2 is 2.07 bits per heavy atom. The van der Waals surface area contributed by atoms with Gasteiger partial charge in [-0.1, -0.05) is 19.1 Å². The van der Waals surface area contributed by atoms with Crippen LogP contribution in [0.5, 0.6) is 0 Å². The van der Waals surface area contributed by atoms with Crippen LogP contribution in [0.3, 0.4) is 0 Å². The van der Waals surface area contributed by atoms with Gasteiger partial charge in [-0.2, -0.15) is 0 Å². The molecule has 156 valence electrons. The molecular weight excluding hydrogens is 370 g/mol. The molecule has 0 unspecified atom stereocenters. The summed E-state index contributed by atoms with van der Waals surface area (Å²) in [5, 5.41) is 13.1. The third-order valence-corrected chi connectivity index (χ3v) is 6.45. The van der Waals surface area contributed by atoms with Crippen LogP contribution in [0.1, 0.15) is 50.4 Å². The zero-order chi connectivity index (χ0) is 20.7. The highest BCUT2D eigenvalue weighted by molar-refractivity contribution is 5.86. The first-order chi connectivity index (χ1) is 14.0. The van der Waals surface area contributed by atoms with Crippen LogP contribution >= 0.6 is 0 Å². The van der Waals surface area contributed by atoms with E-state index in [-0.39, 0.29) is 41.9 Å². The molecule has 7 heteroatoms. The maximum atomic E-state index is 13.1. The fourth-order valence-corrected chi connectivity index (χ4v) is 4.94. The van der Waals surface area contributed by atoms with Crippen LogP contribution in [0.15, 0.2) is 23.0 Å². The number of aliphatic hydroxyl groups excluding tert-OH is 1. The molecule has 1 saturated carbocycles. The molecular formula is C22H29N3O4. The van der Waals surface area contributed by atoms with E-state index in [4.69, 9.17) is 0 Å². The summed E-state index contributed by atoms with van der Waals surface area (Å²) >= 11 is 0. The Hall–Kier alpha value is -2.41. The number of carbonyl (C=O) groups is 2. The molecule has 0 spiro atoms. The zero-order valence-corrected chi connectivity index (χ0v) is 17.0. The maximum Gasteiger partial charge on any atom is 0.258 e. The van der Waals surface area contributed by atoms with Gasteiger partial charge in [0.15, 0.2) is 0 Å². The minimum atomic E-state index is -0.556. The molecule has 2 fully saturated rings. The predicted octanol–water partition coefficient (Wildman–Crippen LogP) is 1.31. The van der Waals surface area contributed by atoms with Crippen molar-refractivity contribution in [1.82, 2.24) is 14.8 Å². The van der Waals surface area contributed by atoms with Crippen molar-refractivity contribution in [3.8, 4) is 0 Å². The molecule has 0 aromatic carbocycles. The molecule has 1 aromatic rings. The van der Waals surface area contributed by atoms with Gasteiger partial charge in [0.25, 0.3) is 5.56 Å². The van der Waals surface area contributed by atoms with Crippen LogP contribution in [-0.2, 0) is 16.1 Å². The SMILES string of the molecule is C/C=C\c1ccc2n(c1=O)C[C@H]1[C@H](CO)[C@@H](C(=O)NCCC)[C@@H]2N1C(=O)C1CC1. The number of carbonyl (C=O) groups excluding carboxylic acids is 2. The lowest BCUT2D eigenvalue weighted by Gasteiger charge is -2.38. The standard InChI is InChI=1S/C22H29N3O4/c1-3-5-13-8-9-16-19-18(20(27)23-10-4-2)15(12-26)17(11-24(16)21(13)28)25(19)22(29)14-6-7-14/h3,5,8-9,14-15,17-19,26H,4,6-7,10-12H2,1-2H3,(H,23,27)/b5-3-/t15-,17-,18+,19+/m0/s1. The molecule has 1 aliphatic carbocycles. The maximum absolute atomic E-state index is 13.1. The summed E-state index contributed by atoms with van der Waals surface area (Å²) in [6.07, 6.45) is 6.15. The van der Waals surface area contributed by atoms with E-state index in [0.717, 1.165) is 19.3 Å². The summed E-state index contributed by atoms with van der Waals surface area (Å²) in [6, 6.07) is 2.77. The molecule has 4 rings (SSSR count). The normalized spacial score (nSPS) is 27.9. The van der Waals surface area contributed by atoms with E-state index in [1.54, 1.807) is 16.7 Å². The van der Waals surface area contributed by atoms with E-state index in [1.165, 1.54) is 0 Å². The Kier molecular flexibility index (Phi) is 5.34. The van der Waals surface area contributed by atoms with Crippen molar-refractivity contribution in [1.29, 1.82) is 0 Å². The number of hydrogen-bond acceptors (Lipinski definition) is 4. The van der Waals surface area contributed by atoms with Crippen molar-refractivity contribution in [2.75, 3.05) is 13.2 Å². The van der Waals surface area contributed by atoms with Crippen LogP contribution in [-0.4, -0.2) is 45.6 Å². The number of nitrogens with zero attached hydrogens (tertiary/aromatic N) is 2. The number of allylic oxidation sites excluding steroid dienone is 1. The second-order valence-electron chi connectivity index (χ2n) is 8.32. The van der Waals surface area contributed by atoms with Gasteiger partial charge in [-0.3, -0.25) is 14.4 Å². The van der Waals surface area contributed by atoms with Crippen molar-refractivity contribution in [3.63, 3.8) is 0 Å². The van der Waals surface area contributed by atoms with Crippen LogP contribution < -0.4 is 10.9 Å². The molecule has 2 bridgehead atoms.